The number of ether oxygens (including phenoxy) is 3. The maximum Gasteiger partial charge on any atom is 0.186 e. The van der Waals surface area contributed by atoms with Crippen molar-refractivity contribution in [2.24, 2.45) is 0 Å². The Morgan fingerprint density at radius 2 is 1.58 bits per heavy atom. The monoisotopic (exact) mass is 282 g/mol. The lowest BCUT2D eigenvalue weighted by atomic mass is 10.1. The Hall–Kier alpha value is -0.360. The molecule has 2 rings (SSSR count). The van der Waals surface area contributed by atoms with Crippen molar-refractivity contribution in [1.82, 2.24) is 0 Å². The summed E-state index contributed by atoms with van der Waals surface area (Å²) in [7, 11) is 0. The highest BCUT2D eigenvalue weighted by Gasteiger charge is 2.44. The van der Waals surface area contributed by atoms with Crippen LogP contribution in [0.15, 0.2) is 0 Å². The Morgan fingerprint density at radius 1 is 0.895 bits per heavy atom. The molecule has 2 fully saturated rings. The van der Waals surface area contributed by atoms with E-state index < -0.39 is 49.2 Å². The molecule has 2 aliphatic heterocycles. The van der Waals surface area contributed by atoms with Crippen molar-refractivity contribution in [3.05, 3.63) is 0 Å². The van der Waals surface area contributed by atoms with Gasteiger partial charge in [-0.3, -0.25) is 0 Å². The van der Waals surface area contributed by atoms with Crippen LogP contribution in [0.4, 0.5) is 0 Å². The fourth-order valence-electron chi connectivity index (χ4n) is 1.98. The van der Waals surface area contributed by atoms with Crippen LogP contribution >= 0.6 is 0 Å². The second-order valence-electron chi connectivity index (χ2n) is 4.63. The highest BCUT2D eigenvalue weighted by Crippen LogP contribution is 2.22. The second kappa shape index (κ2) is 5.95. The summed E-state index contributed by atoms with van der Waals surface area (Å²) in [4.78, 5) is 0. The molecule has 0 saturated carbocycles. The average Bonchev–Trinajstić information content (AvgIpc) is 2.63. The van der Waals surface area contributed by atoms with Crippen molar-refractivity contribution in [3.63, 3.8) is 0 Å². The number of aliphatic hydroxyl groups is 6. The van der Waals surface area contributed by atoms with Gasteiger partial charge in [0.15, 0.2) is 12.6 Å². The maximum absolute atomic E-state index is 9.59. The largest absolute Gasteiger partial charge is 0.388 e. The van der Waals surface area contributed by atoms with Crippen LogP contribution < -0.4 is 0 Å². The zero-order valence-corrected chi connectivity index (χ0v) is 9.94. The van der Waals surface area contributed by atoms with Crippen molar-refractivity contribution in [2.45, 2.75) is 49.2 Å². The standard InChI is InChI=1S/C10H18O9/c11-3-1-17-10(8(15)5(3)12)18-2-4-6(13)7(14)9(16)19-4/h3-16H,1-2H2/t3-,4+,5+,6+,7-,8-,9?,10+/m1/s1. The van der Waals surface area contributed by atoms with E-state index in [4.69, 9.17) is 19.3 Å². The quantitative estimate of drug-likeness (QED) is 0.303. The Morgan fingerprint density at radius 3 is 2.16 bits per heavy atom. The van der Waals surface area contributed by atoms with Gasteiger partial charge >= 0.3 is 0 Å². The summed E-state index contributed by atoms with van der Waals surface area (Å²) >= 11 is 0. The predicted octanol–water partition coefficient (Wildman–Crippen LogP) is -4.12. The van der Waals surface area contributed by atoms with Crippen molar-refractivity contribution < 1.29 is 44.8 Å². The Labute approximate surface area is 108 Å². The molecule has 0 aromatic carbocycles. The van der Waals surface area contributed by atoms with E-state index in [1.807, 2.05) is 0 Å². The topological polar surface area (TPSA) is 149 Å². The lowest BCUT2D eigenvalue weighted by Gasteiger charge is -2.35. The van der Waals surface area contributed by atoms with Crippen LogP contribution in [-0.2, 0) is 14.2 Å². The molecule has 2 aliphatic rings. The van der Waals surface area contributed by atoms with Gasteiger partial charge in [0.05, 0.1) is 13.2 Å². The zero-order valence-electron chi connectivity index (χ0n) is 9.94. The van der Waals surface area contributed by atoms with Crippen LogP contribution in [0.3, 0.4) is 0 Å². The minimum Gasteiger partial charge on any atom is -0.388 e. The molecule has 0 aromatic heterocycles. The summed E-state index contributed by atoms with van der Waals surface area (Å²) in [6.45, 7) is -0.470. The SMILES string of the molecule is OC1O[C@@H](CO[C@@H]2OC[C@@H](O)[C@H](O)[C@H]2O)[C@H](O)[C@H]1O. The smallest absolute Gasteiger partial charge is 0.186 e. The van der Waals surface area contributed by atoms with E-state index >= 15 is 0 Å². The number of aliphatic hydroxyl groups excluding tert-OH is 6. The highest BCUT2D eigenvalue weighted by atomic mass is 16.7. The summed E-state index contributed by atoms with van der Waals surface area (Å²) in [6, 6.07) is 0. The molecular formula is C10H18O9. The third-order valence-electron chi connectivity index (χ3n) is 3.22. The fourth-order valence-corrected chi connectivity index (χ4v) is 1.98. The van der Waals surface area contributed by atoms with Gasteiger partial charge in [0.1, 0.15) is 36.6 Å². The van der Waals surface area contributed by atoms with Crippen LogP contribution in [0.5, 0.6) is 0 Å². The summed E-state index contributed by atoms with van der Waals surface area (Å²) in [5.74, 6) is 0. The molecule has 0 aromatic rings. The average molecular weight is 282 g/mol. The predicted molar refractivity (Wildman–Crippen MR) is 56.6 cm³/mol. The molecular weight excluding hydrogens is 264 g/mol. The summed E-state index contributed by atoms with van der Waals surface area (Å²) < 4.78 is 14.9. The van der Waals surface area contributed by atoms with E-state index in [9.17, 15) is 25.5 Å². The summed E-state index contributed by atoms with van der Waals surface area (Å²) in [5, 5.41) is 56.2. The van der Waals surface area contributed by atoms with Gasteiger partial charge in [-0.15, -0.1) is 0 Å². The van der Waals surface area contributed by atoms with Gasteiger partial charge in [-0.1, -0.05) is 0 Å². The van der Waals surface area contributed by atoms with E-state index in [1.165, 1.54) is 0 Å². The van der Waals surface area contributed by atoms with Gasteiger partial charge < -0.3 is 44.8 Å². The van der Waals surface area contributed by atoms with E-state index in [0.29, 0.717) is 0 Å². The molecule has 2 heterocycles. The molecule has 19 heavy (non-hydrogen) atoms. The maximum atomic E-state index is 9.59. The van der Waals surface area contributed by atoms with Gasteiger partial charge in [-0.05, 0) is 0 Å². The fraction of sp³-hybridized carbons (Fsp3) is 1.00. The molecule has 0 spiro atoms. The molecule has 0 aliphatic carbocycles. The Balaban J connectivity index is 1.83. The minimum atomic E-state index is -1.51. The minimum absolute atomic E-state index is 0.206. The van der Waals surface area contributed by atoms with Crippen molar-refractivity contribution >= 4 is 0 Å². The molecule has 0 bridgehead atoms. The molecule has 0 radical (unpaired) electrons. The molecule has 8 atom stereocenters. The molecule has 2 saturated heterocycles. The van der Waals surface area contributed by atoms with Crippen molar-refractivity contribution in [1.29, 1.82) is 0 Å². The second-order valence-corrected chi connectivity index (χ2v) is 4.63. The van der Waals surface area contributed by atoms with Crippen LogP contribution in [0.2, 0.25) is 0 Å². The molecule has 112 valence electrons. The lowest BCUT2D eigenvalue weighted by Crippen LogP contribution is -2.54. The Bertz CT molecular complexity index is 301. The van der Waals surface area contributed by atoms with E-state index in [0.717, 1.165) is 0 Å². The molecule has 6 N–H and O–H groups in total. The Kier molecular flexibility index (Phi) is 4.71. The van der Waals surface area contributed by atoms with Gasteiger partial charge in [0.25, 0.3) is 0 Å². The molecule has 1 unspecified atom stereocenters. The first-order valence-electron chi connectivity index (χ1n) is 5.89. The molecule has 9 heteroatoms. The van der Waals surface area contributed by atoms with Crippen molar-refractivity contribution in [3.8, 4) is 0 Å². The number of hydrogen-bond acceptors (Lipinski definition) is 9. The van der Waals surface area contributed by atoms with Crippen LogP contribution in [-0.4, -0.2) is 93.1 Å². The third kappa shape index (κ3) is 3.05. The first-order chi connectivity index (χ1) is 8.91. The van der Waals surface area contributed by atoms with Gasteiger partial charge in [0.2, 0.25) is 0 Å². The van der Waals surface area contributed by atoms with Crippen LogP contribution in [0.1, 0.15) is 0 Å². The van der Waals surface area contributed by atoms with Gasteiger partial charge in [-0.2, -0.15) is 0 Å². The number of hydrogen-bond donors (Lipinski definition) is 6. The van der Waals surface area contributed by atoms with Crippen LogP contribution in [0.25, 0.3) is 0 Å². The third-order valence-corrected chi connectivity index (χ3v) is 3.22. The van der Waals surface area contributed by atoms with Gasteiger partial charge in [0, 0.05) is 0 Å². The van der Waals surface area contributed by atoms with Gasteiger partial charge in [-0.25, -0.2) is 0 Å². The van der Waals surface area contributed by atoms with E-state index in [1.54, 1.807) is 0 Å². The first kappa shape index (κ1) is 15.0. The molecule has 9 nitrogen and oxygen atoms in total. The first-order valence-corrected chi connectivity index (χ1v) is 5.89. The number of rotatable bonds is 3. The van der Waals surface area contributed by atoms with E-state index in [-0.39, 0.29) is 13.2 Å². The molecule has 0 amide bonds. The van der Waals surface area contributed by atoms with Crippen LogP contribution in [0, 0.1) is 0 Å². The lowest BCUT2D eigenvalue weighted by molar-refractivity contribution is -0.278. The normalized spacial score (nSPS) is 51.5. The van der Waals surface area contributed by atoms with E-state index in [2.05, 4.69) is 0 Å². The summed E-state index contributed by atoms with van der Waals surface area (Å²) in [6.07, 6.45) is -10.5. The highest BCUT2D eigenvalue weighted by molar-refractivity contribution is 4.87. The van der Waals surface area contributed by atoms with Crippen molar-refractivity contribution in [2.75, 3.05) is 13.2 Å². The zero-order chi connectivity index (χ0) is 14.2. The summed E-state index contributed by atoms with van der Waals surface area (Å²) in [5.41, 5.74) is 0.